The lowest BCUT2D eigenvalue weighted by Gasteiger charge is -2.23. The fourth-order valence-corrected chi connectivity index (χ4v) is 7.95. The summed E-state index contributed by atoms with van der Waals surface area (Å²) in [4.78, 5) is 0. The van der Waals surface area contributed by atoms with Crippen LogP contribution in [-0.2, 0) is 6.18 Å². The SMILES string of the molecule is N#Cc1ccc2c(c1)c1ccccc1n2-c1cccc(C#N)c1-c1c(-c2ccc(C(F)(F)F)cc2C#N)cccc1-n1c2ccccc2c2cc(C#N)ccc21. The molecule has 0 bridgehead atoms. The molecule has 2 heterocycles. The Hall–Kier alpha value is -8.11. The number of nitrogens with zero attached hydrogens (tertiary/aromatic N) is 6. The van der Waals surface area contributed by atoms with Crippen LogP contribution in [0.1, 0.15) is 27.8 Å². The predicted octanol–water partition coefficient (Wildman–Crippen LogP) is 11.7. The zero-order chi connectivity index (χ0) is 38.7. The third kappa shape index (κ3) is 5.08. The highest BCUT2D eigenvalue weighted by molar-refractivity contribution is 6.13. The second-order valence-electron chi connectivity index (χ2n) is 13.3. The third-order valence-electron chi connectivity index (χ3n) is 10.3. The average molecular weight is 729 g/mol. The standard InChI is InChI=1S/C47H23F3N6/c48-47(49,50)32-17-18-33(31(23-32)27-54)36-10-6-14-44(56-40-12-4-2-9-35(40)38-22-29(25-52)16-20-42(38)56)46(36)45-30(26-53)7-5-13-43(45)55-39-11-3-1-8-34(39)37-21-28(24-51)15-19-41(37)55/h1-23H. The monoisotopic (exact) mass is 728 g/mol. The van der Waals surface area contributed by atoms with Crippen molar-refractivity contribution in [3.63, 3.8) is 0 Å². The average Bonchev–Trinajstić information content (AvgIpc) is 3.74. The van der Waals surface area contributed by atoms with Gasteiger partial charge < -0.3 is 9.13 Å². The first kappa shape index (κ1) is 33.7. The lowest BCUT2D eigenvalue weighted by atomic mass is 9.87. The Morgan fingerprint density at radius 2 is 0.929 bits per heavy atom. The summed E-state index contributed by atoms with van der Waals surface area (Å²) in [7, 11) is 0. The molecular formula is C47H23F3N6. The third-order valence-corrected chi connectivity index (χ3v) is 10.3. The number of aromatic nitrogens is 2. The molecule has 0 aliphatic heterocycles. The molecule has 0 fully saturated rings. The molecule has 0 unspecified atom stereocenters. The van der Waals surface area contributed by atoms with Crippen molar-refractivity contribution in [2.75, 3.05) is 0 Å². The number of fused-ring (bicyclic) bond motifs is 6. The van der Waals surface area contributed by atoms with Crippen LogP contribution < -0.4 is 0 Å². The number of nitriles is 4. The van der Waals surface area contributed by atoms with Crippen LogP contribution in [0.2, 0.25) is 0 Å². The summed E-state index contributed by atoms with van der Waals surface area (Å²) >= 11 is 0. The molecule has 0 atom stereocenters. The number of alkyl halides is 3. The van der Waals surface area contributed by atoms with Crippen molar-refractivity contribution < 1.29 is 13.2 Å². The van der Waals surface area contributed by atoms with Crippen LogP contribution in [0.3, 0.4) is 0 Å². The number of hydrogen-bond acceptors (Lipinski definition) is 4. The van der Waals surface area contributed by atoms with Gasteiger partial charge in [-0.15, -0.1) is 0 Å². The van der Waals surface area contributed by atoms with E-state index in [0.717, 1.165) is 55.7 Å². The second kappa shape index (κ2) is 12.8. The van der Waals surface area contributed by atoms with E-state index in [1.165, 1.54) is 6.07 Å². The molecule has 0 saturated heterocycles. The molecule has 0 radical (unpaired) electrons. The van der Waals surface area contributed by atoms with Crippen LogP contribution in [0.25, 0.3) is 77.2 Å². The molecule has 0 N–H and O–H groups in total. The lowest BCUT2D eigenvalue weighted by molar-refractivity contribution is -0.137. The highest BCUT2D eigenvalue weighted by Gasteiger charge is 2.32. The fourth-order valence-electron chi connectivity index (χ4n) is 7.95. The molecule has 9 rings (SSSR count). The van der Waals surface area contributed by atoms with Crippen molar-refractivity contribution in [2.45, 2.75) is 6.18 Å². The number of rotatable bonds is 4. The van der Waals surface area contributed by atoms with Crippen LogP contribution in [0.5, 0.6) is 0 Å². The van der Waals surface area contributed by atoms with Crippen LogP contribution in [-0.4, -0.2) is 9.13 Å². The molecule has 6 nitrogen and oxygen atoms in total. The van der Waals surface area contributed by atoms with E-state index in [-0.39, 0.29) is 16.7 Å². The van der Waals surface area contributed by atoms with Gasteiger partial charge in [-0.1, -0.05) is 60.7 Å². The van der Waals surface area contributed by atoms with Gasteiger partial charge in [-0.3, -0.25) is 0 Å². The topological polar surface area (TPSA) is 105 Å². The van der Waals surface area contributed by atoms with Crippen LogP contribution in [0, 0.1) is 45.3 Å². The Morgan fingerprint density at radius 3 is 1.46 bits per heavy atom. The van der Waals surface area contributed by atoms with Gasteiger partial charge in [-0.05, 0) is 84.4 Å². The molecule has 0 spiro atoms. The van der Waals surface area contributed by atoms with Crippen molar-refractivity contribution in [3.05, 3.63) is 167 Å². The van der Waals surface area contributed by atoms with Crippen molar-refractivity contribution in [1.82, 2.24) is 9.13 Å². The van der Waals surface area contributed by atoms with Gasteiger partial charge >= 0.3 is 6.18 Å². The summed E-state index contributed by atoms with van der Waals surface area (Å²) in [6.07, 6.45) is -4.68. The van der Waals surface area contributed by atoms with E-state index in [1.54, 1.807) is 36.4 Å². The minimum atomic E-state index is -4.68. The molecule has 0 amide bonds. The quantitative estimate of drug-likeness (QED) is 0.180. The molecule has 7 aromatic carbocycles. The largest absolute Gasteiger partial charge is 0.416 e. The molecule has 262 valence electrons. The first-order valence-corrected chi connectivity index (χ1v) is 17.4. The lowest BCUT2D eigenvalue weighted by Crippen LogP contribution is -2.07. The van der Waals surface area contributed by atoms with Crippen LogP contribution in [0.15, 0.2) is 140 Å². The molecular weight excluding hydrogens is 706 g/mol. The Balaban J connectivity index is 1.48. The van der Waals surface area contributed by atoms with Gasteiger partial charge in [-0.25, -0.2) is 0 Å². The van der Waals surface area contributed by atoms with Crippen molar-refractivity contribution >= 4 is 43.6 Å². The van der Waals surface area contributed by atoms with E-state index in [1.807, 2.05) is 100 Å². The highest BCUT2D eigenvalue weighted by atomic mass is 19.4. The maximum atomic E-state index is 14.0. The molecule has 9 aromatic rings. The zero-order valence-electron chi connectivity index (χ0n) is 29.1. The molecule has 9 heteroatoms. The Morgan fingerprint density at radius 1 is 0.411 bits per heavy atom. The molecule has 56 heavy (non-hydrogen) atoms. The van der Waals surface area contributed by atoms with Gasteiger partial charge in [0.25, 0.3) is 0 Å². The smallest absolute Gasteiger partial charge is 0.309 e. The Kier molecular flexibility index (Phi) is 7.69. The summed E-state index contributed by atoms with van der Waals surface area (Å²) in [6, 6.07) is 49.1. The van der Waals surface area contributed by atoms with Crippen LogP contribution in [0.4, 0.5) is 13.2 Å². The van der Waals surface area contributed by atoms with E-state index in [9.17, 15) is 34.2 Å². The molecule has 0 aliphatic rings. The molecule has 0 aliphatic carbocycles. The van der Waals surface area contributed by atoms with Crippen molar-refractivity contribution in [2.24, 2.45) is 0 Å². The van der Waals surface area contributed by atoms with E-state index < -0.39 is 11.7 Å². The maximum absolute atomic E-state index is 14.0. The Bertz CT molecular complexity index is 3300. The first-order chi connectivity index (χ1) is 27.2. The minimum absolute atomic E-state index is 0.184. The maximum Gasteiger partial charge on any atom is 0.416 e. The zero-order valence-corrected chi connectivity index (χ0v) is 29.1. The van der Waals surface area contributed by atoms with E-state index in [2.05, 4.69) is 18.2 Å². The van der Waals surface area contributed by atoms with Gasteiger partial charge in [0.05, 0.1) is 85.5 Å². The number of hydrogen-bond donors (Lipinski definition) is 0. The molecule has 0 saturated carbocycles. The minimum Gasteiger partial charge on any atom is -0.309 e. The summed E-state index contributed by atoms with van der Waals surface area (Å²) in [5, 5.41) is 44.3. The van der Waals surface area contributed by atoms with Gasteiger partial charge in [0.15, 0.2) is 0 Å². The number of halogens is 3. The first-order valence-electron chi connectivity index (χ1n) is 17.4. The molecule has 2 aromatic heterocycles. The van der Waals surface area contributed by atoms with E-state index >= 15 is 0 Å². The summed E-state index contributed by atoms with van der Waals surface area (Å²) in [6.45, 7) is 0. The normalized spacial score (nSPS) is 11.4. The van der Waals surface area contributed by atoms with Crippen LogP contribution >= 0.6 is 0 Å². The van der Waals surface area contributed by atoms with Gasteiger partial charge in [0.2, 0.25) is 0 Å². The van der Waals surface area contributed by atoms with Gasteiger partial charge in [-0.2, -0.15) is 34.2 Å². The Labute approximate surface area is 317 Å². The van der Waals surface area contributed by atoms with Crippen molar-refractivity contribution in [3.8, 4) is 57.9 Å². The fraction of sp³-hybridized carbons (Fsp3) is 0.0213. The summed E-state index contributed by atoms with van der Waals surface area (Å²) in [5.41, 5.74) is 6.11. The summed E-state index contributed by atoms with van der Waals surface area (Å²) < 4.78 is 46.1. The predicted molar refractivity (Wildman–Crippen MR) is 210 cm³/mol. The number of benzene rings is 7. The second-order valence-corrected chi connectivity index (χ2v) is 13.3. The van der Waals surface area contributed by atoms with Crippen molar-refractivity contribution in [1.29, 1.82) is 21.0 Å². The van der Waals surface area contributed by atoms with Gasteiger partial charge in [0, 0.05) is 38.2 Å². The summed E-state index contributed by atoms with van der Waals surface area (Å²) in [5.74, 6) is 0. The number of para-hydroxylation sites is 2. The highest BCUT2D eigenvalue weighted by Crippen LogP contribution is 2.47. The van der Waals surface area contributed by atoms with Gasteiger partial charge in [0.1, 0.15) is 0 Å². The van der Waals surface area contributed by atoms with E-state index in [0.29, 0.717) is 39.2 Å². The van der Waals surface area contributed by atoms with E-state index in [4.69, 9.17) is 0 Å².